The number of hydrogen-bond acceptors (Lipinski definition) is 3. The molecule has 1 aliphatic heterocycles. The molecule has 0 unspecified atom stereocenters. The van der Waals surface area contributed by atoms with Crippen molar-refractivity contribution >= 4 is 23.5 Å². The van der Waals surface area contributed by atoms with Gasteiger partial charge in [-0.3, -0.25) is 9.59 Å². The van der Waals surface area contributed by atoms with Crippen LogP contribution in [-0.2, 0) is 16.0 Å². The summed E-state index contributed by atoms with van der Waals surface area (Å²) in [5.74, 6) is -2.85. The zero-order valence-corrected chi connectivity index (χ0v) is 13.0. The van der Waals surface area contributed by atoms with Crippen LogP contribution in [-0.4, -0.2) is 28.9 Å². The first-order valence-electron chi connectivity index (χ1n) is 7.44. The van der Waals surface area contributed by atoms with Crippen molar-refractivity contribution in [1.82, 2.24) is 5.32 Å². The smallest absolute Gasteiger partial charge is 0.326 e. The molecule has 23 heavy (non-hydrogen) atoms. The number of hydrogen-bond donors (Lipinski definition) is 3. The summed E-state index contributed by atoms with van der Waals surface area (Å²) in [5.41, 5.74) is 0.800. The van der Waals surface area contributed by atoms with Crippen LogP contribution in [0.2, 0.25) is 0 Å². The third-order valence-corrected chi connectivity index (χ3v) is 3.64. The molecule has 1 aliphatic rings. The van der Waals surface area contributed by atoms with Crippen molar-refractivity contribution in [3.8, 4) is 0 Å². The van der Waals surface area contributed by atoms with Gasteiger partial charge in [0.25, 0.3) is 5.91 Å². The highest BCUT2D eigenvalue weighted by molar-refractivity contribution is 5.99. The molecule has 2 rings (SSSR count). The van der Waals surface area contributed by atoms with Crippen molar-refractivity contribution in [2.24, 2.45) is 5.92 Å². The topological polar surface area (TPSA) is 95.5 Å². The van der Waals surface area contributed by atoms with E-state index < -0.39 is 23.7 Å². The summed E-state index contributed by atoms with van der Waals surface area (Å²) in [4.78, 5) is 34.7. The van der Waals surface area contributed by atoms with Gasteiger partial charge in [0.05, 0.1) is 5.56 Å². The predicted octanol–water partition coefficient (Wildman–Crippen LogP) is 1.94. The lowest BCUT2D eigenvalue weighted by Crippen LogP contribution is -2.42. The van der Waals surface area contributed by atoms with Crippen LogP contribution in [0.15, 0.2) is 12.1 Å². The van der Waals surface area contributed by atoms with Crippen molar-refractivity contribution < 1.29 is 23.9 Å². The summed E-state index contributed by atoms with van der Waals surface area (Å²) in [7, 11) is 0. The summed E-state index contributed by atoms with van der Waals surface area (Å²) in [6.45, 7) is 3.68. The van der Waals surface area contributed by atoms with E-state index in [9.17, 15) is 18.8 Å². The second-order valence-electron chi connectivity index (χ2n) is 6.03. The normalized spacial score (nSPS) is 14.9. The molecule has 3 N–H and O–H groups in total. The first-order chi connectivity index (χ1) is 10.8. The Morgan fingerprint density at radius 3 is 2.65 bits per heavy atom. The number of carboxylic acids is 1. The van der Waals surface area contributed by atoms with Gasteiger partial charge in [-0.15, -0.1) is 0 Å². The fraction of sp³-hybridized carbons (Fsp3) is 0.438. The number of fused-ring (bicyclic) bond motifs is 1. The Labute approximate surface area is 133 Å². The largest absolute Gasteiger partial charge is 0.480 e. The van der Waals surface area contributed by atoms with Crippen molar-refractivity contribution in [1.29, 1.82) is 0 Å². The number of rotatable bonds is 5. The SMILES string of the molecule is CC(C)C[C@H](NC(=O)c1cc2c(cc1F)NC(=O)CC2)C(=O)O. The van der Waals surface area contributed by atoms with Crippen LogP contribution < -0.4 is 10.6 Å². The van der Waals surface area contributed by atoms with E-state index in [0.717, 1.165) is 6.07 Å². The molecule has 6 nitrogen and oxygen atoms in total. The Hall–Kier alpha value is -2.44. The predicted molar refractivity (Wildman–Crippen MR) is 81.7 cm³/mol. The summed E-state index contributed by atoms with van der Waals surface area (Å²) in [5, 5.41) is 14.1. The van der Waals surface area contributed by atoms with Gasteiger partial charge >= 0.3 is 5.97 Å². The van der Waals surface area contributed by atoms with E-state index in [1.54, 1.807) is 0 Å². The zero-order valence-electron chi connectivity index (χ0n) is 13.0. The highest BCUT2D eigenvalue weighted by atomic mass is 19.1. The molecule has 0 fully saturated rings. The van der Waals surface area contributed by atoms with Gasteiger partial charge in [-0.2, -0.15) is 0 Å². The molecule has 0 spiro atoms. The maximum Gasteiger partial charge on any atom is 0.326 e. The molecule has 0 radical (unpaired) electrons. The fourth-order valence-electron chi connectivity index (χ4n) is 2.51. The number of carbonyl (C=O) groups is 3. The highest BCUT2D eigenvalue weighted by Crippen LogP contribution is 2.26. The van der Waals surface area contributed by atoms with Gasteiger partial charge in [0.15, 0.2) is 0 Å². The quantitative estimate of drug-likeness (QED) is 0.772. The van der Waals surface area contributed by atoms with Crippen LogP contribution in [0.1, 0.15) is 42.6 Å². The number of carboxylic acid groups (broad SMARTS) is 1. The van der Waals surface area contributed by atoms with Crippen LogP contribution in [0.3, 0.4) is 0 Å². The van der Waals surface area contributed by atoms with Crippen molar-refractivity contribution in [2.75, 3.05) is 5.32 Å². The monoisotopic (exact) mass is 322 g/mol. The highest BCUT2D eigenvalue weighted by Gasteiger charge is 2.25. The number of amides is 2. The lowest BCUT2D eigenvalue weighted by atomic mass is 9.99. The van der Waals surface area contributed by atoms with Gasteiger partial charge in [0.1, 0.15) is 11.9 Å². The molecular formula is C16H19FN2O4. The van der Waals surface area contributed by atoms with Crippen LogP contribution in [0.5, 0.6) is 0 Å². The maximum atomic E-state index is 14.1. The first kappa shape index (κ1) is 16.9. The minimum absolute atomic E-state index is 0.0694. The lowest BCUT2D eigenvalue weighted by molar-refractivity contribution is -0.139. The molecule has 1 aromatic rings. The lowest BCUT2D eigenvalue weighted by Gasteiger charge is -2.20. The second kappa shape index (κ2) is 6.76. The Bertz CT molecular complexity index is 658. The third kappa shape index (κ3) is 4.06. The number of anilines is 1. The Balaban J connectivity index is 2.22. The summed E-state index contributed by atoms with van der Waals surface area (Å²) in [6.07, 6.45) is 0.935. The van der Waals surface area contributed by atoms with Crippen LogP contribution in [0.4, 0.5) is 10.1 Å². The van der Waals surface area contributed by atoms with Crippen LogP contribution in [0, 0.1) is 11.7 Å². The van der Waals surface area contributed by atoms with E-state index in [1.165, 1.54) is 6.07 Å². The van der Waals surface area contributed by atoms with Gasteiger partial charge in [-0.1, -0.05) is 13.8 Å². The zero-order chi connectivity index (χ0) is 17.1. The molecule has 2 amide bonds. The van der Waals surface area contributed by atoms with Crippen molar-refractivity contribution in [3.05, 3.63) is 29.1 Å². The first-order valence-corrected chi connectivity index (χ1v) is 7.44. The molecule has 7 heteroatoms. The minimum Gasteiger partial charge on any atom is -0.480 e. The van der Waals surface area contributed by atoms with Crippen molar-refractivity contribution in [3.63, 3.8) is 0 Å². The van der Waals surface area contributed by atoms with E-state index >= 15 is 0 Å². The van der Waals surface area contributed by atoms with Gasteiger partial charge in [-0.25, -0.2) is 9.18 Å². The fourth-order valence-corrected chi connectivity index (χ4v) is 2.51. The van der Waals surface area contributed by atoms with Crippen LogP contribution in [0.25, 0.3) is 0 Å². The second-order valence-corrected chi connectivity index (χ2v) is 6.03. The van der Waals surface area contributed by atoms with Crippen LogP contribution >= 0.6 is 0 Å². The number of nitrogens with one attached hydrogen (secondary N) is 2. The molecule has 1 heterocycles. The molecule has 0 saturated carbocycles. The number of benzene rings is 1. The van der Waals surface area contributed by atoms with Gasteiger partial charge in [-0.05, 0) is 36.5 Å². The van der Waals surface area contributed by atoms with Gasteiger partial charge in [0.2, 0.25) is 5.91 Å². The van der Waals surface area contributed by atoms with E-state index in [-0.39, 0.29) is 30.2 Å². The number of halogens is 1. The molecule has 1 atom stereocenters. The summed E-state index contributed by atoms with van der Waals surface area (Å²) in [6, 6.07) is 1.39. The molecule has 0 bridgehead atoms. The van der Waals surface area contributed by atoms with Gasteiger partial charge in [0, 0.05) is 12.1 Å². The molecule has 1 aromatic carbocycles. The summed E-state index contributed by atoms with van der Waals surface area (Å²) < 4.78 is 14.1. The minimum atomic E-state index is -1.15. The molecular weight excluding hydrogens is 303 g/mol. The molecule has 0 saturated heterocycles. The average molecular weight is 322 g/mol. The molecule has 124 valence electrons. The Kier molecular flexibility index (Phi) is 4.98. The van der Waals surface area contributed by atoms with E-state index in [0.29, 0.717) is 17.7 Å². The molecule has 0 aromatic heterocycles. The Morgan fingerprint density at radius 2 is 2.04 bits per heavy atom. The van der Waals surface area contributed by atoms with Gasteiger partial charge < -0.3 is 15.7 Å². The number of aryl methyl sites for hydroxylation is 1. The summed E-state index contributed by atoms with van der Waals surface area (Å²) >= 11 is 0. The number of aliphatic carboxylic acids is 1. The Morgan fingerprint density at radius 1 is 1.35 bits per heavy atom. The van der Waals surface area contributed by atoms with E-state index in [4.69, 9.17) is 5.11 Å². The van der Waals surface area contributed by atoms with E-state index in [1.807, 2.05) is 13.8 Å². The molecule has 0 aliphatic carbocycles. The van der Waals surface area contributed by atoms with E-state index in [2.05, 4.69) is 10.6 Å². The third-order valence-electron chi connectivity index (χ3n) is 3.64. The average Bonchev–Trinajstić information content (AvgIpc) is 2.44. The van der Waals surface area contributed by atoms with Crippen molar-refractivity contribution in [2.45, 2.75) is 39.2 Å². The standard InChI is InChI=1S/C16H19FN2O4/c1-8(2)5-13(16(22)23)19-15(21)10-6-9-3-4-14(20)18-12(9)7-11(10)17/h6-8,13H,3-5H2,1-2H3,(H,18,20)(H,19,21)(H,22,23)/t13-/m0/s1. The number of carbonyl (C=O) groups excluding carboxylic acids is 2. The maximum absolute atomic E-state index is 14.1.